The zero-order valence-electron chi connectivity index (χ0n) is 10.4. The van der Waals surface area contributed by atoms with Crippen LogP contribution in [-0.4, -0.2) is 29.5 Å². The highest BCUT2D eigenvalue weighted by Crippen LogP contribution is 2.20. The molecule has 1 unspecified atom stereocenters. The van der Waals surface area contributed by atoms with Crippen molar-refractivity contribution in [3.63, 3.8) is 0 Å². The largest absolute Gasteiger partial charge is 0.360 e. The van der Waals surface area contributed by atoms with Crippen molar-refractivity contribution in [3.8, 4) is 0 Å². The second-order valence-corrected chi connectivity index (χ2v) is 5.19. The summed E-state index contributed by atoms with van der Waals surface area (Å²) in [6, 6.07) is 7.86. The molecular weight excluding hydrogens is 226 g/mol. The number of hydrogen-bond donors (Lipinski definition) is 3. The van der Waals surface area contributed by atoms with Crippen molar-refractivity contribution >= 4 is 16.8 Å². The minimum atomic E-state index is -0.130. The standard InChI is InChI=1S/C14H17N3O/c1-14(6-7-15-9-14)17-13(18)11-8-16-12-5-3-2-4-10(11)12/h2-5,8,15-16H,6-7,9H2,1H3,(H,17,18). The van der Waals surface area contributed by atoms with E-state index in [-0.39, 0.29) is 11.4 Å². The predicted molar refractivity (Wildman–Crippen MR) is 71.7 cm³/mol. The van der Waals surface area contributed by atoms with Gasteiger partial charge in [0.05, 0.1) is 11.1 Å². The molecule has 3 N–H and O–H groups in total. The van der Waals surface area contributed by atoms with Gasteiger partial charge in [-0.15, -0.1) is 0 Å². The first-order chi connectivity index (χ1) is 8.68. The van der Waals surface area contributed by atoms with Gasteiger partial charge < -0.3 is 15.6 Å². The van der Waals surface area contributed by atoms with E-state index in [4.69, 9.17) is 0 Å². The smallest absolute Gasteiger partial charge is 0.253 e. The lowest BCUT2D eigenvalue weighted by molar-refractivity contribution is 0.0915. The van der Waals surface area contributed by atoms with E-state index in [2.05, 4.69) is 22.5 Å². The van der Waals surface area contributed by atoms with Crippen molar-refractivity contribution in [2.45, 2.75) is 18.9 Å². The Morgan fingerprint density at radius 3 is 3.00 bits per heavy atom. The average Bonchev–Trinajstić information content (AvgIpc) is 2.95. The van der Waals surface area contributed by atoms with Crippen molar-refractivity contribution in [2.24, 2.45) is 0 Å². The van der Waals surface area contributed by atoms with Crippen LogP contribution in [0.15, 0.2) is 30.5 Å². The molecule has 4 heteroatoms. The zero-order chi connectivity index (χ0) is 12.6. The average molecular weight is 243 g/mol. The SMILES string of the molecule is CC1(NC(=O)c2c[nH]c3ccccc23)CCNC1. The molecule has 2 aromatic rings. The topological polar surface area (TPSA) is 56.9 Å². The molecule has 1 aliphatic heterocycles. The van der Waals surface area contributed by atoms with E-state index in [0.29, 0.717) is 0 Å². The first-order valence-corrected chi connectivity index (χ1v) is 6.27. The molecule has 0 spiro atoms. The van der Waals surface area contributed by atoms with Crippen molar-refractivity contribution < 1.29 is 4.79 Å². The zero-order valence-corrected chi connectivity index (χ0v) is 10.4. The predicted octanol–water partition coefficient (Wildman–Crippen LogP) is 1.65. The number of rotatable bonds is 2. The molecule has 3 rings (SSSR count). The van der Waals surface area contributed by atoms with Crippen LogP contribution >= 0.6 is 0 Å². The molecule has 1 aliphatic rings. The second-order valence-electron chi connectivity index (χ2n) is 5.19. The van der Waals surface area contributed by atoms with Crippen molar-refractivity contribution in [1.29, 1.82) is 0 Å². The molecule has 0 saturated carbocycles. The van der Waals surface area contributed by atoms with Crippen LogP contribution in [0.3, 0.4) is 0 Å². The Morgan fingerprint density at radius 2 is 2.22 bits per heavy atom. The van der Waals surface area contributed by atoms with E-state index in [1.807, 2.05) is 24.3 Å². The van der Waals surface area contributed by atoms with Crippen LogP contribution in [0.1, 0.15) is 23.7 Å². The summed E-state index contributed by atoms with van der Waals surface area (Å²) in [5, 5.41) is 7.38. The molecule has 1 saturated heterocycles. The molecule has 1 atom stereocenters. The number of benzene rings is 1. The maximum Gasteiger partial charge on any atom is 0.253 e. The highest BCUT2D eigenvalue weighted by Gasteiger charge is 2.30. The van der Waals surface area contributed by atoms with Crippen LogP contribution in [0.5, 0.6) is 0 Å². The van der Waals surface area contributed by atoms with Crippen LogP contribution in [0.4, 0.5) is 0 Å². The monoisotopic (exact) mass is 243 g/mol. The van der Waals surface area contributed by atoms with Gasteiger partial charge >= 0.3 is 0 Å². The van der Waals surface area contributed by atoms with Crippen molar-refractivity contribution in [1.82, 2.24) is 15.6 Å². The van der Waals surface area contributed by atoms with E-state index in [0.717, 1.165) is 36.0 Å². The summed E-state index contributed by atoms with van der Waals surface area (Å²) in [5.74, 6) is -0.00125. The molecule has 1 aromatic heterocycles. The minimum Gasteiger partial charge on any atom is -0.360 e. The third-order valence-corrected chi connectivity index (χ3v) is 3.62. The Kier molecular flexibility index (Phi) is 2.59. The van der Waals surface area contributed by atoms with Gasteiger partial charge in [-0.2, -0.15) is 0 Å². The summed E-state index contributed by atoms with van der Waals surface area (Å²) in [6.07, 6.45) is 2.76. The number of hydrogen-bond acceptors (Lipinski definition) is 2. The van der Waals surface area contributed by atoms with Crippen LogP contribution in [0, 0.1) is 0 Å². The van der Waals surface area contributed by atoms with Gasteiger partial charge in [0.1, 0.15) is 0 Å². The number of carbonyl (C=O) groups is 1. The Labute approximate surface area is 106 Å². The molecule has 2 heterocycles. The molecule has 1 amide bonds. The van der Waals surface area contributed by atoms with Gasteiger partial charge in [0.2, 0.25) is 0 Å². The highest BCUT2D eigenvalue weighted by molar-refractivity contribution is 6.06. The molecule has 94 valence electrons. The van der Waals surface area contributed by atoms with Crippen LogP contribution in [0.2, 0.25) is 0 Å². The van der Waals surface area contributed by atoms with Gasteiger partial charge in [-0.25, -0.2) is 0 Å². The number of nitrogens with one attached hydrogen (secondary N) is 3. The van der Waals surface area contributed by atoms with E-state index in [1.54, 1.807) is 6.20 Å². The minimum absolute atomic E-state index is 0.00125. The molecule has 0 aliphatic carbocycles. The lowest BCUT2D eigenvalue weighted by Gasteiger charge is -2.24. The fourth-order valence-corrected chi connectivity index (χ4v) is 2.52. The summed E-state index contributed by atoms with van der Waals surface area (Å²) in [4.78, 5) is 15.5. The molecule has 0 bridgehead atoms. The fraction of sp³-hybridized carbons (Fsp3) is 0.357. The van der Waals surface area contributed by atoms with Crippen molar-refractivity contribution in [2.75, 3.05) is 13.1 Å². The van der Waals surface area contributed by atoms with E-state index < -0.39 is 0 Å². The summed E-state index contributed by atoms with van der Waals surface area (Å²) in [6.45, 7) is 3.88. The third-order valence-electron chi connectivity index (χ3n) is 3.62. The van der Waals surface area contributed by atoms with Gasteiger partial charge in [-0.3, -0.25) is 4.79 Å². The van der Waals surface area contributed by atoms with E-state index in [1.165, 1.54) is 0 Å². The number of aromatic nitrogens is 1. The van der Waals surface area contributed by atoms with Crippen molar-refractivity contribution in [3.05, 3.63) is 36.0 Å². The Hall–Kier alpha value is -1.81. The lowest BCUT2D eigenvalue weighted by atomic mass is 10.0. The molecule has 0 radical (unpaired) electrons. The van der Waals surface area contributed by atoms with Crippen LogP contribution in [-0.2, 0) is 0 Å². The van der Waals surface area contributed by atoms with Gasteiger partial charge in [-0.05, 0) is 26.0 Å². The first-order valence-electron chi connectivity index (χ1n) is 6.27. The summed E-state index contributed by atoms with van der Waals surface area (Å²) < 4.78 is 0. The second kappa shape index (κ2) is 4.14. The Bertz CT molecular complexity index is 581. The van der Waals surface area contributed by atoms with Crippen LogP contribution in [0.25, 0.3) is 10.9 Å². The molecule has 18 heavy (non-hydrogen) atoms. The number of fused-ring (bicyclic) bond motifs is 1. The fourth-order valence-electron chi connectivity index (χ4n) is 2.52. The van der Waals surface area contributed by atoms with E-state index >= 15 is 0 Å². The lowest BCUT2D eigenvalue weighted by Crippen LogP contribution is -2.47. The van der Waals surface area contributed by atoms with Gasteiger partial charge in [-0.1, -0.05) is 18.2 Å². The summed E-state index contributed by atoms with van der Waals surface area (Å²) in [5.41, 5.74) is 1.59. The molecule has 1 fully saturated rings. The van der Waals surface area contributed by atoms with E-state index in [9.17, 15) is 4.79 Å². The maximum absolute atomic E-state index is 12.3. The normalized spacial score (nSPS) is 23.4. The molecular formula is C14H17N3O. The van der Waals surface area contributed by atoms with Gasteiger partial charge in [0.15, 0.2) is 0 Å². The molecule has 1 aromatic carbocycles. The number of H-pyrrole nitrogens is 1. The first kappa shape index (κ1) is 11.3. The Balaban J connectivity index is 1.88. The highest BCUT2D eigenvalue weighted by atomic mass is 16.1. The van der Waals surface area contributed by atoms with Gasteiger partial charge in [0.25, 0.3) is 5.91 Å². The number of amides is 1. The third kappa shape index (κ3) is 1.88. The summed E-state index contributed by atoms with van der Waals surface area (Å²) >= 11 is 0. The Morgan fingerprint density at radius 1 is 1.39 bits per heavy atom. The quantitative estimate of drug-likeness (QED) is 0.751. The van der Waals surface area contributed by atoms with Gasteiger partial charge in [0, 0.05) is 23.6 Å². The van der Waals surface area contributed by atoms with Crippen LogP contribution < -0.4 is 10.6 Å². The number of aromatic amines is 1. The maximum atomic E-state index is 12.3. The number of carbonyl (C=O) groups excluding carboxylic acids is 1. The summed E-state index contributed by atoms with van der Waals surface area (Å²) in [7, 11) is 0. The number of para-hydroxylation sites is 1. The molecule has 4 nitrogen and oxygen atoms in total.